The van der Waals surface area contributed by atoms with E-state index in [1.54, 1.807) is 0 Å². The van der Waals surface area contributed by atoms with Gasteiger partial charge in [0.05, 0.1) is 0 Å². The fourth-order valence-corrected chi connectivity index (χ4v) is 2.33. The average molecular weight is 220 g/mol. The summed E-state index contributed by atoms with van der Waals surface area (Å²) in [7, 11) is 0. The van der Waals surface area contributed by atoms with E-state index in [0.29, 0.717) is 5.75 Å². The summed E-state index contributed by atoms with van der Waals surface area (Å²) in [6.45, 7) is 10.8. The van der Waals surface area contributed by atoms with Crippen molar-refractivity contribution in [3.63, 3.8) is 0 Å². The second-order valence-electron chi connectivity index (χ2n) is 5.60. The predicted molar refractivity (Wildman–Crippen MR) is 70.2 cm³/mol. The maximum atomic E-state index is 9.98. The van der Waals surface area contributed by atoms with E-state index in [1.807, 2.05) is 6.07 Å². The largest absolute Gasteiger partial charge is 0.508 e. The van der Waals surface area contributed by atoms with Crippen LogP contribution in [0.2, 0.25) is 0 Å². The van der Waals surface area contributed by atoms with Crippen LogP contribution in [-0.2, 0) is 11.8 Å². The van der Waals surface area contributed by atoms with Gasteiger partial charge in [-0.2, -0.15) is 0 Å². The monoisotopic (exact) mass is 220 g/mol. The Hall–Kier alpha value is -0.980. The Kier molecular flexibility index (Phi) is 4.01. The van der Waals surface area contributed by atoms with Crippen LogP contribution in [-0.4, -0.2) is 5.11 Å². The van der Waals surface area contributed by atoms with Crippen LogP contribution < -0.4 is 0 Å². The van der Waals surface area contributed by atoms with E-state index in [2.05, 4.69) is 40.7 Å². The molecule has 90 valence electrons. The Morgan fingerprint density at radius 1 is 1.19 bits per heavy atom. The van der Waals surface area contributed by atoms with Crippen molar-refractivity contribution < 1.29 is 5.11 Å². The molecule has 1 N–H and O–H groups in total. The van der Waals surface area contributed by atoms with E-state index in [4.69, 9.17) is 0 Å². The zero-order valence-corrected chi connectivity index (χ0v) is 11.2. The van der Waals surface area contributed by atoms with Crippen molar-refractivity contribution in [3.8, 4) is 5.75 Å². The minimum Gasteiger partial charge on any atom is -0.508 e. The highest BCUT2D eigenvalue weighted by Crippen LogP contribution is 2.35. The Balaban J connectivity index is 3.17. The molecule has 0 bridgehead atoms. The maximum absolute atomic E-state index is 9.98. The molecular formula is C15H24O. The highest BCUT2D eigenvalue weighted by atomic mass is 16.3. The number of aromatic hydroxyl groups is 1. The number of hydrogen-bond acceptors (Lipinski definition) is 1. The molecule has 0 saturated heterocycles. The second-order valence-corrected chi connectivity index (χ2v) is 5.60. The lowest BCUT2D eigenvalue weighted by Crippen LogP contribution is -2.14. The fourth-order valence-electron chi connectivity index (χ4n) is 2.33. The molecule has 1 nitrogen and oxygen atoms in total. The normalized spacial score (nSPS) is 11.8. The highest BCUT2D eigenvalue weighted by molar-refractivity contribution is 5.47. The standard InChI is InChI=1S/C15H24O/c1-6-7-8-12-9-10-13(16)14(11(12)2)15(3,4)5/h9-10,16H,6-8H2,1-5H3. The van der Waals surface area contributed by atoms with Gasteiger partial charge in [-0.05, 0) is 42.4 Å². The molecule has 0 heterocycles. The summed E-state index contributed by atoms with van der Waals surface area (Å²) >= 11 is 0. The molecule has 0 unspecified atom stereocenters. The minimum atomic E-state index is 0.0103. The van der Waals surface area contributed by atoms with Crippen molar-refractivity contribution >= 4 is 0 Å². The van der Waals surface area contributed by atoms with E-state index in [-0.39, 0.29) is 5.41 Å². The van der Waals surface area contributed by atoms with Gasteiger partial charge in [0.2, 0.25) is 0 Å². The molecule has 0 aliphatic carbocycles. The molecule has 0 saturated carbocycles. The summed E-state index contributed by atoms with van der Waals surface area (Å²) in [5.41, 5.74) is 3.75. The second kappa shape index (κ2) is 4.90. The highest BCUT2D eigenvalue weighted by Gasteiger charge is 2.21. The van der Waals surface area contributed by atoms with Crippen LogP contribution in [0.5, 0.6) is 5.75 Å². The van der Waals surface area contributed by atoms with Gasteiger partial charge in [0, 0.05) is 5.56 Å². The molecule has 1 aromatic rings. The summed E-state index contributed by atoms with van der Waals surface area (Å²) in [5, 5.41) is 9.98. The third kappa shape index (κ3) is 2.78. The first-order valence-corrected chi connectivity index (χ1v) is 6.19. The molecule has 1 heteroatoms. The van der Waals surface area contributed by atoms with Crippen LogP contribution in [0.1, 0.15) is 57.2 Å². The van der Waals surface area contributed by atoms with E-state index >= 15 is 0 Å². The third-order valence-electron chi connectivity index (χ3n) is 3.10. The SMILES string of the molecule is CCCCc1ccc(O)c(C(C)(C)C)c1C. The number of hydrogen-bond donors (Lipinski definition) is 1. The molecule has 0 spiro atoms. The third-order valence-corrected chi connectivity index (χ3v) is 3.10. The minimum absolute atomic E-state index is 0.0103. The summed E-state index contributed by atoms with van der Waals surface area (Å²) in [6.07, 6.45) is 3.55. The summed E-state index contributed by atoms with van der Waals surface area (Å²) < 4.78 is 0. The van der Waals surface area contributed by atoms with E-state index in [9.17, 15) is 5.11 Å². The van der Waals surface area contributed by atoms with Crippen molar-refractivity contribution in [3.05, 3.63) is 28.8 Å². The topological polar surface area (TPSA) is 20.2 Å². The van der Waals surface area contributed by atoms with Gasteiger partial charge in [-0.3, -0.25) is 0 Å². The first-order valence-electron chi connectivity index (χ1n) is 6.19. The van der Waals surface area contributed by atoms with Gasteiger partial charge in [-0.25, -0.2) is 0 Å². The molecule has 0 aliphatic rings. The molecule has 0 atom stereocenters. The van der Waals surface area contributed by atoms with Crippen LogP contribution in [0, 0.1) is 6.92 Å². The molecule has 1 rings (SSSR count). The van der Waals surface area contributed by atoms with Crippen molar-refractivity contribution in [2.75, 3.05) is 0 Å². The van der Waals surface area contributed by atoms with Crippen LogP contribution in [0.25, 0.3) is 0 Å². The predicted octanol–water partition coefficient (Wildman–Crippen LogP) is 4.34. The molecule has 0 aromatic heterocycles. The van der Waals surface area contributed by atoms with Crippen LogP contribution in [0.3, 0.4) is 0 Å². The van der Waals surface area contributed by atoms with E-state index in [1.165, 1.54) is 24.0 Å². The van der Waals surface area contributed by atoms with Gasteiger partial charge in [0.15, 0.2) is 0 Å². The number of phenolic OH excluding ortho intramolecular Hbond substituents is 1. The van der Waals surface area contributed by atoms with Gasteiger partial charge < -0.3 is 5.11 Å². The lowest BCUT2D eigenvalue weighted by Gasteiger charge is -2.24. The lowest BCUT2D eigenvalue weighted by atomic mass is 9.81. The summed E-state index contributed by atoms with van der Waals surface area (Å²) in [5.74, 6) is 0.435. The Bertz CT molecular complexity index is 358. The van der Waals surface area contributed by atoms with Crippen molar-refractivity contribution in [2.24, 2.45) is 0 Å². The quantitative estimate of drug-likeness (QED) is 0.803. The van der Waals surface area contributed by atoms with Crippen LogP contribution in [0.15, 0.2) is 12.1 Å². The Morgan fingerprint density at radius 2 is 1.81 bits per heavy atom. The van der Waals surface area contributed by atoms with Crippen molar-refractivity contribution in [2.45, 2.75) is 59.3 Å². The van der Waals surface area contributed by atoms with Crippen LogP contribution >= 0.6 is 0 Å². The maximum Gasteiger partial charge on any atom is 0.119 e. The lowest BCUT2D eigenvalue weighted by molar-refractivity contribution is 0.444. The Labute approximate surface area is 99.5 Å². The molecule has 1 aromatic carbocycles. The van der Waals surface area contributed by atoms with Crippen molar-refractivity contribution in [1.29, 1.82) is 0 Å². The Morgan fingerprint density at radius 3 is 2.31 bits per heavy atom. The zero-order valence-electron chi connectivity index (χ0n) is 11.2. The molecule has 0 aliphatic heterocycles. The van der Waals surface area contributed by atoms with Gasteiger partial charge in [-0.15, -0.1) is 0 Å². The summed E-state index contributed by atoms with van der Waals surface area (Å²) in [6, 6.07) is 3.91. The first-order chi connectivity index (χ1) is 7.38. The molecular weight excluding hydrogens is 196 g/mol. The molecule has 0 radical (unpaired) electrons. The zero-order chi connectivity index (χ0) is 12.3. The van der Waals surface area contributed by atoms with Crippen LogP contribution in [0.4, 0.5) is 0 Å². The molecule has 16 heavy (non-hydrogen) atoms. The van der Waals surface area contributed by atoms with E-state index < -0.39 is 0 Å². The smallest absolute Gasteiger partial charge is 0.119 e. The van der Waals surface area contributed by atoms with Gasteiger partial charge in [0.1, 0.15) is 5.75 Å². The van der Waals surface area contributed by atoms with Crippen molar-refractivity contribution in [1.82, 2.24) is 0 Å². The molecule has 0 fully saturated rings. The number of phenols is 1. The average Bonchev–Trinajstić information content (AvgIpc) is 2.14. The number of unbranched alkanes of at least 4 members (excludes halogenated alkanes) is 1. The van der Waals surface area contributed by atoms with Gasteiger partial charge in [-0.1, -0.05) is 40.2 Å². The van der Waals surface area contributed by atoms with Gasteiger partial charge >= 0.3 is 0 Å². The molecule has 0 amide bonds. The summed E-state index contributed by atoms with van der Waals surface area (Å²) in [4.78, 5) is 0. The van der Waals surface area contributed by atoms with Gasteiger partial charge in [0.25, 0.3) is 0 Å². The number of benzene rings is 1. The fraction of sp³-hybridized carbons (Fsp3) is 0.600. The van der Waals surface area contributed by atoms with E-state index in [0.717, 1.165) is 12.0 Å². The number of rotatable bonds is 3. The number of aryl methyl sites for hydroxylation is 1. The first kappa shape index (κ1) is 13.1.